The minimum absolute atomic E-state index is 0.0216. The summed E-state index contributed by atoms with van der Waals surface area (Å²) in [7, 11) is 1.68. The zero-order chi connectivity index (χ0) is 13.4. The van der Waals surface area contributed by atoms with Crippen LogP contribution < -0.4 is 16.6 Å². The molecule has 0 radical (unpaired) electrons. The highest BCUT2D eigenvalue weighted by Gasteiger charge is 2.08. The molecule has 1 heterocycles. The third kappa shape index (κ3) is 4.50. The molecule has 0 aromatic carbocycles. The van der Waals surface area contributed by atoms with Crippen molar-refractivity contribution in [1.29, 1.82) is 0 Å². The predicted octanol–water partition coefficient (Wildman–Crippen LogP) is 1.03. The van der Waals surface area contributed by atoms with Crippen molar-refractivity contribution in [3.05, 3.63) is 28.7 Å². The van der Waals surface area contributed by atoms with Crippen LogP contribution in [-0.4, -0.2) is 30.9 Å². The van der Waals surface area contributed by atoms with E-state index in [1.807, 2.05) is 13.1 Å². The Morgan fingerprint density at radius 3 is 2.89 bits per heavy atom. The molecule has 0 fully saturated rings. The maximum absolute atomic E-state index is 11.5. The number of nitrogens with one attached hydrogen (secondary N) is 1. The summed E-state index contributed by atoms with van der Waals surface area (Å²) < 4.78 is 6.86. The van der Waals surface area contributed by atoms with Gasteiger partial charge in [0.15, 0.2) is 0 Å². The second-order valence-corrected chi connectivity index (χ2v) is 4.27. The number of nitrogens with zero attached hydrogens (tertiary/aromatic N) is 1. The Morgan fingerprint density at radius 2 is 2.28 bits per heavy atom. The van der Waals surface area contributed by atoms with Gasteiger partial charge in [-0.3, -0.25) is 4.79 Å². The zero-order valence-electron chi connectivity index (χ0n) is 11.2. The van der Waals surface area contributed by atoms with Gasteiger partial charge in [0.05, 0.1) is 12.3 Å². The lowest BCUT2D eigenvalue weighted by atomic mass is 10.1. The second-order valence-electron chi connectivity index (χ2n) is 4.27. The van der Waals surface area contributed by atoms with Crippen LogP contribution >= 0.6 is 0 Å². The first-order chi connectivity index (χ1) is 8.71. The van der Waals surface area contributed by atoms with Gasteiger partial charge in [0.2, 0.25) is 0 Å². The lowest BCUT2D eigenvalue weighted by Crippen LogP contribution is -2.27. The van der Waals surface area contributed by atoms with E-state index in [-0.39, 0.29) is 11.6 Å². The molecule has 5 heteroatoms. The van der Waals surface area contributed by atoms with Crippen molar-refractivity contribution >= 4 is 5.69 Å². The van der Waals surface area contributed by atoms with Crippen molar-refractivity contribution in [1.82, 2.24) is 4.57 Å². The summed E-state index contributed by atoms with van der Waals surface area (Å²) in [4.78, 5) is 11.5. The summed E-state index contributed by atoms with van der Waals surface area (Å²) in [6.07, 6.45) is 3.75. The van der Waals surface area contributed by atoms with E-state index in [1.54, 1.807) is 23.8 Å². The van der Waals surface area contributed by atoms with E-state index >= 15 is 0 Å². The molecule has 1 atom stereocenters. The number of anilines is 1. The SMILES string of the molecule is CCn1cc(NC(CCCN)COC)ccc1=O. The van der Waals surface area contributed by atoms with Gasteiger partial charge in [-0.2, -0.15) is 0 Å². The third-order valence-electron chi connectivity index (χ3n) is 2.82. The Bertz CT molecular complexity index is 403. The van der Waals surface area contributed by atoms with E-state index in [9.17, 15) is 4.79 Å². The van der Waals surface area contributed by atoms with Crippen LogP contribution in [-0.2, 0) is 11.3 Å². The summed E-state index contributed by atoms with van der Waals surface area (Å²) in [5.41, 5.74) is 6.48. The van der Waals surface area contributed by atoms with E-state index < -0.39 is 0 Å². The summed E-state index contributed by atoms with van der Waals surface area (Å²) in [6, 6.07) is 3.61. The molecule has 0 saturated carbocycles. The highest BCUT2D eigenvalue weighted by atomic mass is 16.5. The van der Waals surface area contributed by atoms with Gasteiger partial charge in [0.1, 0.15) is 0 Å². The molecule has 5 nitrogen and oxygen atoms in total. The fourth-order valence-electron chi connectivity index (χ4n) is 1.86. The van der Waals surface area contributed by atoms with E-state index in [1.165, 1.54) is 0 Å². The van der Waals surface area contributed by atoms with Crippen LogP contribution in [0.1, 0.15) is 19.8 Å². The average molecular weight is 253 g/mol. The molecule has 0 aliphatic heterocycles. The Morgan fingerprint density at radius 1 is 1.50 bits per heavy atom. The molecule has 0 spiro atoms. The smallest absolute Gasteiger partial charge is 0.250 e. The zero-order valence-corrected chi connectivity index (χ0v) is 11.2. The molecule has 0 bridgehead atoms. The average Bonchev–Trinajstić information content (AvgIpc) is 2.38. The molecule has 1 rings (SSSR count). The standard InChI is InChI=1S/C13H23N3O2/c1-3-16-9-11(6-7-13(16)17)15-12(10-18-2)5-4-8-14/h6-7,9,12,15H,3-5,8,10,14H2,1-2H3. The molecule has 0 aliphatic rings. The minimum Gasteiger partial charge on any atom is -0.383 e. The summed E-state index contributed by atoms with van der Waals surface area (Å²) >= 11 is 0. The summed E-state index contributed by atoms with van der Waals surface area (Å²) in [6.45, 7) is 3.93. The lowest BCUT2D eigenvalue weighted by molar-refractivity contribution is 0.182. The molecule has 0 amide bonds. The van der Waals surface area contributed by atoms with Gasteiger partial charge in [-0.1, -0.05) is 0 Å². The molecule has 102 valence electrons. The van der Waals surface area contributed by atoms with Crippen LogP contribution in [0.5, 0.6) is 0 Å². The first-order valence-electron chi connectivity index (χ1n) is 6.37. The highest BCUT2D eigenvalue weighted by Crippen LogP contribution is 2.09. The van der Waals surface area contributed by atoms with Gasteiger partial charge in [-0.05, 0) is 32.4 Å². The van der Waals surface area contributed by atoms with Crippen LogP contribution in [0.25, 0.3) is 0 Å². The monoisotopic (exact) mass is 253 g/mol. The van der Waals surface area contributed by atoms with E-state index in [4.69, 9.17) is 10.5 Å². The maximum atomic E-state index is 11.5. The number of aromatic nitrogens is 1. The molecular weight excluding hydrogens is 230 g/mol. The number of rotatable bonds is 8. The van der Waals surface area contributed by atoms with Crippen LogP contribution in [0.4, 0.5) is 5.69 Å². The Kier molecular flexibility index (Phi) is 6.46. The van der Waals surface area contributed by atoms with Crippen molar-refractivity contribution in [3.8, 4) is 0 Å². The Hall–Kier alpha value is -1.33. The van der Waals surface area contributed by atoms with Crippen molar-refractivity contribution in [3.63, 3.8) is 0 Å². The van der Waals surface area contributed by atoms with E-state index in [0.717, 1.165) is 18.5 Å². The third-order valence-corrected chi connectivity index (χ3v) is 2.82. The van der Waals surface area contributed by atoms with Crippen molar-refractivity contribution in [2.75, 3.05) is 25.6 Å². The first kappa shape index (κ1) is 14.7. The van der Waals surface area contributed by atoms with Crippen LogP contribution in [0.3, 0.4) is 0 Å². The lowest BCUT2D eigenvalue weighted by Gasteiger charge is -2.19. The molecule has 0 aliphatic carbocycles. The normalized spacial score (nSPS) is 12.4. The van der Waals surface area contributed by atoms with E-state index in [0.29, 0.717) is 19.7 Å². The van der Waals surface area contributed by atoms with Gasteiger partial charge < -0.3 is 20.4 Å². The van der Waals surface area contributed by atoms with Gasteiger partial charge >= 0.3 is 0 Å². The van der Waals surface area contributed by atoms with E-state index in [2.05, 4.69) is 5.32 Å². The molecule has 1 aromatic rings. The Balaban J connectivity index is 2.70. The van der Waals surface area contributed by atoms with Crippen molar-refractivity contribution in [2.24, 2.45) is 5.73 Å². The number of hydrogen-bond donors (Lipinski definition) is 2. The van der Waals surface area contributed by atoms with Gasteiger partial charge in [0.25, 0.3) is 5.56 Å². The van der Waals surface area contributed by atoms with Crippen LogP contribution in [0, 0.1) is 0 Å². The second kappa shape index (κ2) is 7.89. The molecule has 3 N–H and O–H groups in total. The largest absolute Gasteiger partial charge is 0.383 e. The molecule has 18 heavy (non-hydrogen) atoms. The van der Waals surface area contributed by atoms with Crippen LogP contribution in [0.2, 0.25) is 0 Å². The summed E-state index contributed by atoms with van der Waals surface area (Å²) in [5.74, 6) is 0. The number of aryl methyl sites for hydroxylation is 1. The van der Waals surface area contributed by atoms with Crippen molar-refractivity contribution < 1.29 is 4.74 Å². The topological polar surface area (TPSA) is 69.3 Å². The van der Waals surface area contributed by atoms with Gasteiger partial charge in [-0.25, -0.2) is 0 Å². The van der Waals surface area contributed by atoms with Gasteiger partial charge in [-0.15, -0.1) is 0 Å². The predicted molar refractivity (Wildman–Crippen MR) is 74.0 cm³/mol. The van der Waals surface area contributed by atoms with Crippen LogP contribution in [0.15, 0.2) is 23.1 Å². The number of pyridine rings is 1. The molecule has 1 unspecified atom stereocenters. The number of methoxy groups -OCH3 is 1. The number of ether oxygens (including phenoxy) is 1. The highest BCUT2D eigenvalue weighted by molar-refractivity contribution is 5.41. The fraction of sp³-hybridized carbons (Fsp3) is 0.615. The quantitative estimate of drug-likeness (QED) is 0.726. The Labute approximate surface area is 108 Å². The first-order valence-corrected chi connectivity index (χ1v) is 6.37. The summed E-state index contributed by atoms with van der Waals surface area (Å²) in [5, 5.41) is 3.38. The fourth-order valence-corrected chi connectivity index (χ4v) is 1.86. The van der Waals surface area contributed by atoms with Gasteiger partial charge in [0, 0.05) is 32.0 Å². The minimum atomic E-state index is 0.0216. The number of nitrogens with two attached hydrogens (primary N) is 1. The molecule has 0 saturated heterocycles. The number of hydrogen-bond acceptors (Lipinski definition) is 4. The maximum Gasteiger partial charge on any atom is 0.250 e. The molecule has 1 aromatic heterocycles. The molecular formula is C13H23N3O2. The van der Waals surface area contributed by atoms with Crippen molar-refractivity contribution in [2.45, 2.75) is 32.4 Å².